The molecule has 1 heterocycles. The highest BCUT2D eigenvalue weighted by atomic mass is 16.7. The van der Waals surface area contributed by atoms with Crippen molar-refractivity contribution in [2.75, 3.05) is 19.8 Å². The van der Waals surface area contributed by atoms with Gasteiger partial charge in [0.2, 0.25) is 5.91 Å². The van der Waals surface area contributed by atoms with E-state index in [4.69, 9.17) is 14.2 Å². The minimum absolute atomic E-state index is 0.0128. The van der Waals surface area contributed by atoms with Gasteiger partial charge >= 0.3 is 5.97 Å². The van der Waals surface area contributed by atoms with Crippen LogP contribution in [0.1, 0.15) is 264 Å². The third-order valence-electron chi connectivity index (χ3n) is 14.3. The Morgan fingerprint density at radius 1 is 0.513 bits per heavy atom. The highest BCUT2D eigenvalue weighted by Gasteiger charge is 2.44. The van der Waals surface area contributed by atoms with Gasteiger partial charge in [-0.05, 0) is 103 Å². The molecule has 7 unspecified atom stereocenters. The molecule has 0 aromatic heterocycles. The van der Waals surface area contributed by atoms with E-state index >= 15 is 0 Å². The van der Waals surface area contributed by atoms with Crippen LogP contribution in [0.5, 0.6) is 0 Å². The van der Waals surface area contributed by atoms with Crippen LogP contribution < -0.4 is 5.32 Å². The number of ether oxygens (including phenoxy) is 3. The molecule has 440 valence electrons. The summed E-state index contributed by atoms with van der Waals surface area (Å²) in [5.41, 5.74) is 0. The largest absolute Gasteiger partial charge is 0.466 e. The summed E-state index contributed by atoms with van der Waals surface area (Å²) in [4.78, 5) is 25.0. The van der Waals surface area contributed by atoms with E-state index in [0.717, 1.165) is 83.5 Å². The zero-order chi connectivity index (χ0) is 55.2. The fourth-order valence-corrected chi connectivity index (χ4v) is 9.39. The Morgan fingerprint density at radius 3 is 1.46 bits per heavy atom. The van der Waals surface area contributed by atoms with Gasteiger partial charge in [0.1, 0.15) is 24.4 Å². The third kappa shape index (κ3) is 43.0. The van der Waals surface area contributed by atoms with E-state index in [1.165, 1.54) is 154 Å². The first kappa shape index (κ1) is 71.1. The van der Waals surface area contributed by atoms with Gasteiger partial charge in [-0.1, -0.05) is 221 Å². The number of allylic oxidation sites excluding steroid dienone is 11. The Hall–Kier alpha value is -2.90. The molecule has 11 nitrogen and oxygen atoms in total. The first-order chi connectivity index (χ1) is 37.2. The van der Waals surface area contributed by atoms with Crippen LogP contribution in [0.25, 0.3) is 0 Å². The molecule has 1 amide bonds. The Kier molecular flexibility index (Phi) is 50.6. The zero-order valence-electron chi connectivity index (χ0n) is 48.4. The summed E-state index contributed by atoms with van der Waals surface area (Å²) >= 11 is 0. The normalized spacial score (nSPS) is 19.2. The van der Waals surface area contributed by atoms with Gasteiger partial charge in [0, 0.05) is 12.8 Å². The van der Waals surface area contributed by atoms with E-state index < -0.39 is 49.5 Å². The molecule has 0 aliphatic carbocycles. The van der Waals surface area contributed by atoms with Crippen LogP contribution in [0, 0.1) is 0 Å². The number of aliphatic hydroxyl groups is 5. The second-order valence-electron chi connectivity index (χ2n) is 21.4. The molecule has 11 heteroatoms. The fraction of sp³-hybridized carbons (Fsp3) is 0.785. The predicted octanol–water partition coefficient (Wildman–Crippen LogP) is 14.8. The molecular weight excluding hydrogens is 955 g/mol. The molecule has 0 spiro atoms. The molecule has 76 heavy (non-hydrogen) atoms. The minimum Gasteiger partial charge on any atom is -0.466 e. The third-order valence-corrected chi connectivity index (χ3v) is 14.3. The lowest BCUT2D eigenvalue weighted by Crippen LogP contribution is -2.60. The Balaban J connectivity index is 1.98. The summed E-state index contributed by atoms with van der Waals surface area (Å²) < 4.78 is 16.6. The SMILES string of the molecule is C/C=C/CC/C=C/CC/C=C/C(O)C(COC1OC(CO)C(O)C(O)C1O)NC(=O)CCCCCCCCCCCC/C=C\CCCCCCCCCCCCCCOC(=O)CCCCCCC/C=C\C/C=C\CCC. The molecule has 1 fully saturated rings. The lowest BCUT2D eigenvalue weighted by molar-refractivity contribution is -0.302. The quantitative estimate of drug-likeness (QED) is 0.0195. The fourth-order valence-electron chi connectivity index (χ4n) is 9.39. The van der Waals surface area contributed by atoms with Crippen molar-refractivity contribution in [3.8, 4) is 0 Å². The van der Waals surface area contributed by atoms with Gasteiger partial charge in [0.25, 0.3) is 0 Å². The maximum absolute atomic E-state index is 13.0. The number of amides is 1. The molecule has 0 aromatic carbocycles. The van der Waals surface area contributed by atoms with E-state index in [-0.39, 0.29) is 18.5 Å². The predicted molar refractivity (Wildman–Crippen MR) is 315 cm³/mol. The molecule has 0 radical (unpaired) electrons. The summed E-state index contributed by atoms with van der Waals surface area (Å²) in [7, 11) is 0. The van der Waals surface area contributed by atoms with Crippen molar-refractivity contribution in [3.05, 3.63) is 72.9 Å². The number of nitrogens with one attached hydrogen (secondary N) is 1. The standard InChI is InChI=1S/C65H115NO10/c1-3-5-7-9-11-13-14-29-33-37-41-45-49-53-61(70)74-54-50-46-42-38-34-31-28-26-24-22-20-18-16-15-17-19-21-23-25-27-30-32-36-40-44-48-52-60(69)66-57(58(68)51-47-43-39-35-12-10-8-6-4-2)56-75-65-64(73)63(72)62(71)59(55-67)76-65/h4,6-7,9,12-15,17,35,47,51,57-59,62-65,67-68,71-73H,3,5,8,10-11,16,18-34,36-46,48-50,52-56H2,1-2H3,(H,66,69)/b6-4+,9-7-,14-13-,17-15-,35-12+,51-47+. The van der Waals surface area contributed by atoms with Crippen molar-refractivity contribution in [2.45, 2.75) is 307 Å². The second kappa shape index (κ2) is 54.1. The topological polar surface area (TPSA) is 175 Å². The first-order valence-corrected chi connectivity index (χ1v) is 31.2. The molecule has 1 aliphatic heterocycles. The lowest BCUT2D eigenvalue weighted by atomic mass is 9.99. The van der Waals surface area contributed by atoms with Crippen molar-refractivity contribution < 1.29 is 49.3 Å². The van der Waals surface area contributed by atoms with Crippen LogP contribution >= 0.6 is 0 Å². The summed E-state index contributed by atoms with van der Waals surface area (Å²) in [6.07, 6.45) is 61.9. The highest BCUT2D eigenvalue weighted by molar-refractivity contribution is 5.76. The number of unbranched alkanes of at least 4 members (excludes halogenated alkanes) is 30. The summed E-state index contributed by atoms with van der Waals surface area (Å²) in [5, 5.41) is 54.1. The molecular formula is C65H115NO10. The maximum Gasteiger partial charge on any atom is 0.305 e. The number of hydrogen-bond donors (Lipinski definition) is 6. The molecule has 1 aliphatic rings. The first-order valence-electron chi connectivity index (χ1n) is 31.2. The van der Waals surface area contributed by atoms with Gasteiger partial charge in [-0.15, -0.1) is 0 Å². The lowest BCUT2D eigenvalue weighted by Gasteiger charge is -2.40. The number of carbonyl (C=O) groups excluding carboxylic acids is 2. The molecule has 0 bridgehead atoms. The Labute approximate surface area is 464 Å². The van der Waals surface area contributed by atoms with Gasteiger partial charge < -0.3 is 45.1 Å². The summed E-state index contributed by atoms with van der Waals surface area (Å²) in [6, 6.07) is -0.836. The van der Waals surface area contributed by atoms with Crippen LogP contribution in [0.15, 0.2) is 72.9 Å². The van der Waals surface area contributed by atoms with Crippen molar-refractivity contribution in [1.29, 1.82) is 0 Å². The monoisotopic (exact) mass is 1070 g/mol. The van der Waals surface area contributed by atoms with E-state index in [1.54, 1.807) is 6.08 Å². The van der Waals surface area contributed by atoms with Crippen LogP contribution in [0.3, 0.4) is 0 Å². The summed E-state index contributed by atoms with van der Waals surface area (Å²) in [6.45, 7) is 4.01. The average molecular weight is 1070 g/mol. The number of aliphatic hydroxyl groups excluding tert-OH is 5. The molecule has 6 N–H and O–H groups in total. The van der Waals surface area contributed by atoms with Gasteiger partial charge in [-0.25, -0.2) is 0 Å². The minimum atomic E-state index is -1.58. The van der Waals surface area contributed by atoms with Crippen LogP contribution in [0.2, 0.25) is 0 Å². The van der Waals surface area contributed by atoms with E-state index in [0.29, 0.717) is 19.4 Å². The highest BCUT2D eigenvalue weighted by Crippen LogP contribution is 2.23. The second-order valence-corrected chi connectivity index (χ2v) is 21.4. The van der Waals surface area contributed by atoms with Crippen LogP contribution in [0.4, 0.5) is 0 Å². The number of hydrogen-bond acceptors (Lipinski definition) is 10. The van der Waals surface area contributed by atoms with Gasteiger partial charge in [0.15, 0.2) is 6.29 Å². The number of carbonyl (C=O) groups is 2. The van der Waals surface area contributed by atoms with Crippen LogP contribution in [-0.2, 0) is 23.8 Å². The summed E-state index contributed by atoms with van der Waals surface area (Å²) in [5.74, 6) is -0.215. The van der Waals surface area contributed by atoms with Crippen molar-refractivity contribution in [1.82, 2.24) is 5.32 Å². The van der Waals surface area contributed by atoms with Gasteiger partial charge in [-0.3, -0.25) is 9.59 Å². The molecule has 0 aromatic rings. The number of esters is 1. The Morgan fingerprint density at radius 2 is 0.947 bits per heavy atom. The molecule has 7 atom stereocenters. The number of rotatable bonds is 53. The molecule has 1 rings (SSSR count). The average Bonchev–Trinajstić information content (AvgIpc) is 3.42. The van der Waals surface area contributed by atoms with E-state index in [1.807, 2.05) is 19.1 Å². The van der Waals surface area contributed by atoms with Crippen molar-refractivity contribution in [3.63, 3.8) is 0 Å². The van der Waals surface area contributed by atoms with Crippen molar-refractivity contribution in [2.24, 2.45) is 0 Å². The van der Waals surface area contributed by atoms with E-state index in [2.05, 4.69) is 66.9 Å². The van der Waals surface area contributed by atoms with Gasteiger partial charge in [-0.2, -0.15) is 0 Å². The maximum atomic E-state index is 13.0. The molecule has 0 saturated carbocycles. The van der Waals surface area contributed by atoms with Gasteiger partial charge in [0.05, 0.1) is 32.0 Å². The van der Waals surface area contributed by atoms with Crippen LogP contribution in [-0.4, -0.2) is 100 Å². The van der Waals surface area contributed by atoms with Crippen molar-refractivity contribution >= 4 is 11.9 Å². The zero-order valence-corrected chi connectivity index (χ0v) is 48.4. The molecule has 1 saturated heterocycles. The van der Waals surface area contributed by atoms with E-state index in [9.17, 15) is 35.1 Å². The Bertz CT molecular complexity index is 1490. The smallest absolute Gasteiger partial charge is 0.305 e.